The van der Waals surface area contributed by atoms with Gasteiger partial charge < -0.3 is 9.45 Å². The van der Waals surface area contributed by atoms with Crippen LogP contribution in [-0.4, -0.2) is 37.8 Å². The van der Waals surface area contributed by atoms with Crippen LogP contribution in [0.25, 0.3) is 5.52 Å². The lowest BCUT2D eigenvalue weighted by atomic mass is 9.74. The average Bonchev–Trinajstić information content (AvgIpc) is 3.25. The van der Waals surface area contributed by atoms with Crippen molar-refractivity contribution >= 4 is 38.6 Å². The van der Waals surface area contributed by atoms with Gasteiger partial charge >= 0.3 is 0 Å². The predicted octanol–water partition coefficient (Wildman–Crippen LogP) is 4.29. The first-order valence-corrected chi connectivity index (χ1v) is 11.8. The molecule has 0 bridgehead atoms. The standard InChI is InChI=1S/C20H29BrN4OS/c1-19(2,3)27(26)23-17-5-4-8-20(17)9-11-24(12-10-20)18-7-6-15(21)16-13-22-14-25(16)18/h6-7,13-14,17,23H,4-5,8-12H2,1-3H3/t17-,27?/m1/s1. The number of fused-ring (bicyclic) bond motifs is 1. The van der Waals surface area contributed by atoms with Crippen molar-refractivity contribution in [2.45, 2.75) is 63.7 Å². The summed E-state index contributed by atoms with van der Waals surface area (Å²) >= 11 is 2.62. The van der Waals surface area contributed by atoms with Crippen LogP contribution >= 0.6 is 15.9 Å². The third-order valence-corrected chi connectivity index (χ3v) is 8.59. The molecule has 1 aliphatic heterocycles. The maximum absolute atomic E-state index is 12.7. The van der Waals surface area contributed by atoms with Gasteiger partial charge in [-0.3, -0.25) is 4.40 Å². The molecule has 1 aliphatic carbocycles. The van der Waals surface area contributed by atoms with Gasteiger partial charge in [-0.25, -0.2) is 4.98 Å². The molecule has 2 aliphatic rings. The number of nitrogens with one attached hydrogen (secondary N) is 1. The molecule has 4 rings (SSSR count). The summed E-state index contributed by atoms with van der Waals surface area (Å²) < 4.78 is 19.2. The van der Waals surface area contributed by atoms with E-state index in [1.807, 2.05) is 33.3 Å². The van der Waals surface area contributed by atoms with E-state index in [9.17, 15) is 4.55 Å². The maximum Gasteiger partial charge on any atom is 0.136 e. The van der Waals surface area contributed by atoms with Crippen LogP contribution in [0.2, 0.25) is 0 Å². The van der Waals surface area contributed by atoms with Crippen LogP contribution in [-0.2, 0) is 11.4 Å². The molecule has 0 aromatic carbocycles. The van der Waals surface area contributed by atoms with Gasteiger partial charge in [-0.05, 0) is 79.9 Å². The first-order chi connectivity index (χ1) is 12.8. The highest BCUT2D eigenvalue weighted by Gasteiger charge is 2.47. The summed E-state index contributed by atoms with van der Waals surface area (Å²) in [7, 11) is 0. The van der Waals surface area contributed by atoms with Crippen molar-refractivity contribution in [2.24, 2.45) is 5.41 Å². The van der Waals surface area contributed by atoms with Gasteiger partial charge in [0.25, 0.3) is 0 Å². The summed E-state index contributed by atoms with van der Waals surface area (Å²) in [6.07, 6.45) is 9.73. The van der Waals surface area contributed by atoms with Crippen LogP contribution in [0.3, 0.4) is 0 Å². The molecule has 5 nitrogen and oxygen atoms in total. The van der Waals surface area contributed by atoms with Crippen molar-refractivity contribution < 1.29 is 4.55 Å². The average molecular weight is 453 g/mol. The number of hydrogen-bond donors (Lipinski definition) is 1. The topological polar surface area (TPSA) is 55.6 Å². The molecule has 7 heteroatoms. The lowest BCUT2D eigenvalue weighted by Gasteiger charge is -2.44. The molecule has 1 spiro atoms. The molecular weight excluding hydrogens is 424 g/mol. The predicted molar refractivity (Wildman–Crippen MR) is 115 cm³/mol. The minimum absolute atomic E-state index is 0.213. The Hall–Kier alpha value is -0.760. The van der Waals surface area contributed by atoms with Gasteiger partial charge in [0.15, 0.2) is 0 Å². The van der Waals surface area contributed by atoms with Crippen molar-refractivity contribution in [2.75, 3.05) is 18.0 Å². The first-order valence-electron chi connectivity index (χ1n) is 9.84. The molecule has 3 heterocycles. The summed E-state index contributed by atoms with van der Waals surface area (Å²) in [5, 5.41) is 0. The second kappa shape index (κ2) is 7.25. The fraction of sp³-hybridized carbons (Fsp3) is 0.650. The van der Waals surface area contributed by atoms with E-state index in [0.717, 1.165) is 42.3 Å². The number of piperidine rings is 1. The van der Waals surface area contributed by atoms with E-state index in [0.29, 0.717) is 11.5 Å². The van der Waals surface area contributed by atoms with E-state index in [-0.39, 0.29) is 4.75 Å². The van der Waals surface area contributed by atoms with Crippen molar-refractivity contribution in [3.8, 4) is 0 Å². The molecule has 2 aromatic heterocycles. The van der Waals surface area contributed by atoms with Crippen LogP contribution in [0, 0.1) is 5.41 Å². The molecule has 1 saturated carbocycles. The van der Waals surface area contributed by atoms with E-state index >= 15 is 0 Å². The van der Waals surface area contributed by atoms with Crippen molar-refractivity contribution in [3.05, 3.63) is 29.1 Å². The van der Waals surface area contributed by atoms with E-state index in [1.165, 1.54) is 18.7 Å². The Morgan fingerprint density at radius 1 is 1.26 bits per heavy atom. The van der Waals surface area contributed by atoms with Gasteiger partial charge in [0, 0.05) is 28.9 Å². The number of imidazole rings is 1. The lowest BCUT2D eigenvalue weighted by molar-refractivity contribution is 0.186. The summed E-state index contributed by atoms with van der Waals surface area (Å²) in [6, 6.07) is 4.66. The fourth-order valence-corrected chi connectivity index (χ4v) is 6.04. The van der Waals surface area contributed by atoms with Gasteiger partial charge in [0.05, 0.1) is 17.8 Å². The summed E-state index contributed by atoms with van der Waals surface area (Å²) in [6.45, 7) is 8.21. The lowest BCUT2D eigenvalue weighted by Crippen LogP contribution is -2.53. The van der Waals surface area contributed by atoms with Crippen LogP contribution in [0.15, 0.2) is 29.1 Å². The monoisotopic (exact) mass is 452 g/mol. The van der Waals surface area contributed by atoms with E-state index < -0.39 is 11.4 Å². The first kappa shape index (κ1) is 19.6. The largest absolute Gasteiger partial charge is 0.598 e. The highest BCUT2D eigenvalue weighted by atomic mass is 79.9. The van der Waals surface area contributed by atoms with Crippen LogP contribution in [0.1, 0.15) is 52.9 Å². The van der Waals surface area contributed by atoms with Crippen molar-refractivity contribution in [3.63, 3.8) is 0 Å². The third-order valence-electron chi connectivity index (χ3n) is 6.30. The number of hydrogen-bond acceptors (Lipinski definition) is 4. The van der Waals surface area contributed by atoms with Crippen molar-refractivity contribution in [1.82, 2.24) is 14.1 Å². The Morgan fingerprint density at radius 2 is 2.00 bits per heavy atom. The molecule has 2 atom stereocenters. The Kier molecular flexibility index (Phi) is 5.25. The smallest absolute Gasteiger partial charge is 0.136 e. The third kappa shape index (κ3) is 3.63. The second-order valence-corrected chi connectivity index (χ2v) is 11.8. The van der Waals surface area contributed by atoms with Crippen LogP contribution in [0.5, 0.6) is 0 Å². The Morgan fingerprint density at radius 3 is 2.70 bits per heavy atom. The van der Waals surface area contributed by atoms with Crippen molar-refractivity contribution in [1.29, 1.82) is 0 Å². The number of rotatable bonds is 3. The number of halogens is 1. The molecule has 1 N–H and O–H groups in total. The summed E-state index contributed by atoms with van der Waals surface area (Å²) in [5.41, 5.74) is 1.40. The number of aromatic nitrogens is 2. The van der Waals surface area contributed by atoms with Gasteiger partial charge in [-0.15, -0.1) is 4.72 Å². The quantitative estimate of drug-likeness (QED) is 0.705. The summed E-state index contributed by atoms with van der Waals surface area (Å²) in [5.74, 6) is 1.21. The van der Waals surface area contributed by atoms with Crippen LogP contribution < -0.4 is 9.62 Å². The number of nitrogens with zero attached hydrogens (tertiary/aromatic N) is 3. The molecule has 148 valence electrons. The Balaban J connectivity index is 1.49. The number of anilines is 1. The van der Waals surface area contributed by atoms with Gasteiger partial charge in [0.2, 0.25) is 0 Å². The summed E-state index contributed by atoms with van der Waals surface area (Å²) in [4.78, 5) is 6.79. The zero-order valence-electron chi connectivity index (χ0n) is 16.4. The number of pyridine rings is 1. The van der Waals surface area contributed by atoms with Gasteiger partial charge in [0.1, 0.15) is 16.9 Å². The highest BCUT2D eigenvalue weighted by molar-refractivity contribution is 9.10. The molecule has 2 fully saturated rings. The molecule has 1 unspecified atom stereocenters. The molecule has 1 saturated heterocycles. The van der Waals surface area contributed by atoms with E-state index in [4.69, 9.17) is 0 Å². The Labute approximate surface area is 173 Å². The minimum atomic E-state index is -0.997. The minimum Gasteiger partial charge on any atom is -0.598 e. The maximum atomic E-state index is 12.7. The Bertz CT molecular complexity index is 810. The zero-order valence-corrected chi connectivity index (χ0v) is 18.8. The molecular formula is C20H29BrN4OS. The molecule has 0 radical (unpaired) electrons. The fourth-order valence-electron chi connectivity index (χ4n) is 4.63. The van der Waals surface area contributed by atoms with Gasteiger partial charge in [-0.2, -0.15) is 0 Å². The molecule has 2 aromatic rings. The second-order valence-electron chi connectivity index (χ2n) is 8.98. The normalized spacial score (nSPS) is 24.0. The van der Waals surface area contributed by atoms with Crippen LogP contribution in [0.4, 0.5) is 5.82 Å². The zero-order chi connectivity index (χ0) is 19.2. The highest BCUT2D eigenvalue weighted by Crippen LogP contribution is 2.47. The molecule has 0 amide bonds. The van der Waals surface area contributed by atoms with E-state index in [2.05, 4.69) is 47.1 Å². The SMILES string of the molecule is CC(C)(C)[S+]([O-])N[C@@H]1CCCC12CCN(c1ccc(Br)c3cncn13)CC2. The molecule has 27 heavy (non-hydrogen) atoms. The van der Waals surface area contributed by atoms with E-state index in [1.54, 1.807) is 0 Å². The van der Waals surface area contributed by atoms with Gasteiger partial charge in [-0.1, -0.05) is 6.42 Å².